The second-order valence-electron chi connectivity index (χ2n) is 2.69. The van der Waals surface area contributed by atoms with Crippen molar-refractivity contribution in [1.29, 1.82) is 0 Å². The zero-order chi connectivity index (χ0) is 9.26. The van der Waals surface area contributed by atoms with Crippen LogP contribution in [-0.2, 0) is 4.79 Å². The number of methoxy groups -OCH3 is 1. The second kappa shape index (κ2) is 2.97. The average molecular weight is 179 g/mol. The Labute approximate surface area is 75.5 Å². The fraction of sp³-hybridized carbons (Fsp3) is 0.222. The normalized spacial score (nSPS) is 14.1. The molecule has 68 valence electrons. The lowest BCUT2D eigenvalue weighted by atomic mass is 10.2. The van der Waals surface area contributed by atoms with E-state index >= 15 is 0 Å². The fourth-order valence-corrected chi connectivity index (χ4v) is 1.19. The minimum Gasteiger partial charge on any atom is -0.497 e. The summed E-state index contributed by atoms with van der Waals surface area (Å²) in [6, 6.07) is 5.31. The zero-order valence-electron chi connectivity index (χ0n) is 7.16. The molecule has 0 radical (unpaired) electrons. The van der Waals surface area contributed by atoms with E-state index in [1.807, 2.05) is 12.1 Å². The van der Waals surface area contributed by atoms with Crippen LogP contribution in [0.25, 0.3) is 0 Å². The molecule has 0 unspecified atom stereocenters. The molecule has 1 aromatic carbocycles. The number of esters is 1. The average Bonchev–Trinajstić information content (AvgIpc) is 2.16. The van der Waals surface area contributed by atoms with Crippen LogP contribution in [0.5, 0.6) is 11.5 Å². The highest BCUT2D eigenvalue weighted by molar-refractivity contribution is 5.83. The van der Waals surface area contributed by atoms with Gasteiger partial charge in [-0.25, -0.2) is 4.79 Å². The molecule has 0 saturated carbocycles. The molecule has 0 aromatic heterocycles. The summed E-state index contributed by atoms with van der Waals surface area (Å²) in [6.07, 6.45) is 0. The van der Waals surface area contributed by atoms with Crippen LogP contribution in [-0.4, -0.2) is 19.6 Å². The van der Waals surface area contributed by atoms with Gasteiger partial charge in [-0.2, -0.15) is 0 Å². The van der Waals surface area contributed by atoms with Crippen molar-refractivity contribution < 1.29 is 14.3 Å². The van der Waals surface area contributed by atoms with Crippen LogP contribution < -0.4 is 14.8 Å². The van der Waals surface area contributed by atoms with Crippen molar-refractivity contribution in [3.63, 3.8) is 0 Å². The highest BCUT2D eigenvalue weighted by atomic mass is 16.5. The van der Waals surface area contributed by atoms with Crippen molar-refractivity contribution in [1.82, 2.24) is 0 Å². The first-order chi connectivity index (χ1) is 6.29. The van der Waals surface area contributed by atoms with E-state index in [2.05, 4.69) is 5.32 Å². The van der Waals surface area contributed by atoms with Crippen LogP contribution in [0.15, 0.2) is 18.2 Å². The van der Waals surface area contributed by atoms with E-state index in [0.29, 0.717) is 11.5 Å². The molecule has 0 fully saturated rings. The SMILES string of the molecule is COc1ccc2c(c1)OC(=O)CN2. The van der Waals surface area contributed by atoms with E-state index < -0.39 is 0 Å². The summed E-state index contributed by atoms with van der Waals surface area (Å²) in [5.74, 6) is 0.923. The lowest BCUT2D eigenvalue weighted by Gasteiger charge is -2.17. The van der Waals surface area contributed by atoms with Crippen molar-refractivity contribution in [3.05, 3.63) is 18.2 Å². The Hall–Kier alpha value is -1.71. The minimum atomic E-state index is -0.277. The monoisotopic (exact) mass is 179 g/mol. The van der Waals surface area contributed by atoms with Gasteiger partial charge in [0.15, 0.2) is 5.75 Å². The van der Waals surface area contributed by atoms with E-state index in [9.17, 15) is 4.79 Å². The highest BCUT2D eigenvalue weighted by Gasteiger charge is 2.16. The van der Waals surface area contributed by atoms with Crippen LogP contribution in [0.1, 0.15) is 0 Å². The fourth-order valence-electron chi connectivity index (χ4n) is 1.19. The molecule has 0 aliphatic carbocycles. The van der Waals surface area contributed by atoms with Gasteiger partial charge in [-0.15, -0.1) is 0 Å². The molecule has 2 rings (SSSR count). The largest absolute Gasteiger partial charge is 0.497 e. The predicted molar refractivity (Wildman–Crippen MR) is 47.1 cm³/mol. The number of hydrogen-bond acceptors (Lipinski definition) is 4. The molecule has 0 saturated heterocycles. The maximum Gasteiger partial charge on any atom is 0.330 e. The Morgan fingerprint density at radius 2 is 2.38 bits per heavy atom. The number of benzene rings is 1. The number of carbonyl (C=O) groups is 1. The van der Waals surface area contributed by atoms with Crippen molar-refractivity contribution in [2.75, 3.05) is 19.0 Å². The van der Waals surface area contributed by atoms with Crippen LogP contribution in [0.4, 0.5) is 5.69 Å². The lowest BCUT2D eigenvalue weighted by molar-refractivity contribution is -0.132. The van der Waals surface area contributed by atoms with Gasteiger partial charge in [0.05, 0.1) is 12.8 Å². The maximum atomic E-state index is 10.9. The Bertz CT molecular complexity index is 349. The molecular formula is C9H9NO3. The predicted octanol–water partition coefficient (Wildman–Crippen LogP) is 1.03. The van der Waals surface area contributed by atoms with Crippen molar-refractivity contribution in [2.45, 2.75) is 0 Å². The molecule has 0 amide bonds. The number of fused-ring (bicyclic) bond motifs is 1. The molecule has 1 aliphatic rings. The molecule has 1 N–H and O–H groups in total. The van der Waals surface area contributed by atoms with Crippen molar-refractivity contribution in [3.8, 4) is 11.5 Å². The molecular weight excluding hydrogens is 170 g/mol. The summed E-state index contributed by atoms with van der Waals surface area (Å²) in [7, 11) is 1.57. The minimum absolute atomic E-state index is 0.222. The first-order valence-corrected chi connectivity index (χ1v) is 3.92. The highest BCUT2D eigenvalue weighted by Crippen LogP contribution is 2.31. The van der Waals surface area contributed by atoms with Crippen LogP contribution in [0.2, 0.25) is 0 Å². The van der Waals surface area contributed by atoms with E-state index in [0.717, 1.165) is 5.69 Å². The van der Waals surface area contributed by atoms with Gasteiger partial charge in [0.1, 0.15) is 12.3 Å². The van der Waals surface area contributed by atoms with E-state index in [-0.39, 0.29) is 12.5 Å². The number of anilines is 1. The van der Waals surface area contributed by atoms with Crippen LogP contribution in [0, 0.1) is 0 Å². The molecule has 1 aliphatic heterocycles. The Kier molecular flexibility index (Phi) is 1.81. The number of ether oxygens (including phenoxy) is 2. The second-order valence-corrected chi connectivity index (χ2v) is 2.69. The summed E-state index contributed by atoms with van der Waals surface area (Å²) in [5, 5.41) is 2.93. The van der Waals surface area contributed by atoms with E-state index in [1.54, 1.807) is 13.2 Å². The Balaban J connectivity index is 2.38. The molecule has 1 heterocycles. The topological polar surface area (TPSA) is 47.6 Å². The number of carbonyl (C=O) groups excluding carboxylic acids is 1. The molecule has 13 heavy (non-hydrogen) atoms. The van der Waals surface area contributed by atoms with Crippen LogP contribution >= 0.6 is 0 Å². The summed E-state index contributed by atoms with van der Waals surface area (Å²) >= 11 is 0. The Morgan fingerprint density at radius 3 is 3.15 bits per heavy atom. The van der Waals surface area contributed by atoms with Crippen molar-refractivity contribution in [2.24, 2.45) is 0 Å². The zero-order valence-corrected chi connectivity index (χ0v) is 7.16. The first-order valence-electron chi connectivity index (χ1n) is 3.92. The summed E-state index contributed by atoms with van der Waals surface area (Å²) in [5.41, 5.74) is 0.820. The standard InChI is InChI=1S/C9H9NO3/c1-12-6-2-3-7-8(4-6)13-9(11)5-10-7/h2-4,10H,5H2,1H3. The number of hydrogen-bond donors (Lipinski definition) is 1. The smallest absolute Gasteiger partial charge is 0.330 e. The first kappa shape index (κ1) is 7.91. The molecule has 1 aromatic rings. The summed E-state index contributed by atoms with van der Waals surface area (Å²) in [6.45, 7) is 0.222. The Morgan fingerprint density at radius 1 is 1.54 bits per heavy atom. The number of nitrogens with one attached hydrogen (secondary N) is 1. The van der Waals surface area contributed by atoms with Crippen LogP contribution in [0.3, 0.4) is 0 Å². The molecule has 4 nitrogen and oxygen atoms in total. The third-order valence-corrected chi connectivity index (χ3v) is 1.84. The molecule has 0 bridgehead atoms. The summed E-state index contributed by atoms with van der Waals surface area (Å²) < 4.78 is 9.99. The van der Waals surface area contributed by atoms with Crippen molar-refractivity contribution >= 4 is 11.7 Å². The van der Waals surface area contributed by atoms with Gasteiger partial charge in [-0.05, 0) is 12.1 Å². The third-order valence-electron chi connectivity index (χ3n) is 1.84. The molecule has 0 spiro atoms. The summed E-state index contributed by atoms with van der Waals surface area (Å²) in [4.78, 5) is 10.9. The van der Waals surface area contributed by atoms with Gasteiger partial charge in [-0.1, -0.05) is 0 Å². The van der Waals surface area contributed by atoms with Gasteiger partial charge >= 0.3 is 5.97 Å². The van der Waals surface area contributed by atoms with Gasteiger partial charge in [0.25, 0.3) is 0 Å². The molecule has 0 atom stereocenters. The van der Waals surface area contributed by atoms with Gasteiger partial charge in [-0.3, -0.25) is 0 Å². The maximum absolute atomic E-state index is 10.9. The quantitative estimate of drug-likeness (QED) is 0.516. The van der Waals surface area contributed by atoms with E-state index in [4.69, 9.17) is 9.47 Å². The molecule has 4 heteroatoms. The third kappa shape index (κ3) is 1.42. The van der Waals surface area contributed by atoms with Gasteiger partial charge < -0.3 is 14.8 Å². The number of rotatable bonds is 1. The lowest BCUT2D eigenvalue weighted by Crippen LogP contribution is -2.24. The van der Waals surface area contributed by atoms with E-state index in [1.165, 1.54) is 0 Å². The van der Waals surface area contributed by atoms with Gasteiger partial charge in [0.2, 0.25) is 0 Å². The van der Waals surface area contributed by atoms with Gasteiger partial charge in [0, 0.05) is 6.07 Å².